The van der Waals surface area contributed by atoms with E-state index in [1.165, 1.54) is 0 Å². The summed E-state index contributed by atoms with van der Waals surface area (Å²) in [5.74, 6) is 0.591. The van der Waals surface area contributed by atoms with E-state index in [-0.39, 0.29) is 12.5 Å². The number of hydrogen-bond donors (Lipinski definition) is 2. The zero-order chi connectivity index (χ0) is 23.7. The van der Waals surface area contributed by atoms with Crippen LogP contribution in [-0.4, -0.2) is 11.0 Å². The highest BCUT2D eigenvalue weighted by molar-refractivity contribution is 6.34. The Bertz CT molecular complexity index is 1580. The van der Waals surface area contributed by atoms with Crippen LogP contribution in [0.3, 0.4) is 0 Å². The van der Waals surface area contributed by atoms with Crippen molar-refractivity contribution in [2.75, 3.05) is 5.32 Å². The summed E-state index contributed by atoms with van der Waals surface area (Å²) >= 11 is 6.31. The number of carbonyl (C=O) groups is 1. The molecule has 0 unspecified atom stereocenters. The maximum Gasteiger partial charge on any atom is 0.344 e. The average Bonchev–Trinajstić information content (AvgIpc) is 3.34. The molecule has 7 heteroatoms. The number of halogens is 1. The van der Waals surface area contributed by atoms with Crippen LogP contribution in [0.5, 0.6) is 0 Å². The number of carbonyl (C=O) groups excluding carboxylic acids is 1. The Morgan fingerprint density at radius 1 is 0.882 bits per heavy atom. The summed E-state index contributed by atoms with van der Waals surface area (Å²) in [6.07, 6.45) is 0. The molecule has 6 nitrogen and oxygen atoms in total. The van der Waals surface area contributed by atoms with Gasteiger partial charge in [-0.2, -0.15) is 0 Å². The van der Waals surface area contributed by atoms with Crippen LogP contribution >= 0.6 is 11.6 Å². The summed E-state index contributed by atoms with van der Waals surface area (Å²) in [7, 11) is 0. The number of furan rings is 1. The Morgan fingerprint density at radius 3 is 2.56 bits per heavy atom. The molecule has 0 aliphatic carbocycles. The fourth-order valence-electron chi connectivity index (χ4n) is 3.68. The van der Waals surface area contributed by atoms with Crippen LogP contribution in [0.4, 0.5) is 5.69 Å². The first-order valence-corrected chi connectivity index (χ1v) is 10.8. The van der Waals surface area contributed by atoms with E-state index in [1.807, 2.05) is 12.1 Å². The minimum atomic E-state index is -0.479. The highest BCUT2D eigenvalue weighted by atomic mass is 35.5. The maximum atomic E-state index is 13.0. The fraction of sp³-hybridized carbons (Fsp3) is 0.0370. The SMILES string of the molecule is O=C(Nc1cc(-c2ccc(CO)o2)ccc1Cl)c1cccc(-c2cc3ccccc3oc2=O)c1. The van der Waals surface area contributed by atoms with Crippen LogP contribution in [-0.2, 0) is 6.61 Å². The number of nitrogens with one attached hydrogen (secondary N) is 1. The molecule has 0 bridgehead atoms. The van der Waals surface area contributed by atoms with E-state index in [9.17, 15) is 14.7 Å². The van der Waals surface area contributed by atoms with Crippen LogP contribution in [0.2, 0.25) is 5.02 Å². The summed E-state index contributed by atoms with van der Waals surface area (Å²) in [4.78, 5) is 25.6. The molecule has 1 amide bonds. The Morgan fingerprint density at radius 2 is 1.74 bits per heavy atom. The van der Waals surface area contributed by atoms with Gasteiger partial charge in [-0.3, -0.25) is 4.79 Å². The van der Waals surface area contributed by atoms with Crippen molar-refractivity contribution in [2.24, 2.45) is 0 Å². The lowest BCUT2D eigenvalue weighted by Gasteiger charge is -2.10. The first-order valence-electron chi connectivity index (χ1n) is 10.5. The molecule has 5 rings (SSSR count). The van der Waals surface area contributed by atoms with Gasteiger partial charge < -0.3 is 19.3 Å². The van der Waals surface area contributed by atoms with Gasteiger partial charge in [-0.25, -0.2) is 4.79 Å². The number of anilines is 1. The molecule has 0 saturated carbocycles. The standard InChI is InChI=1S/C27H18ClNO5/c28-22-10-8-18(25-11-9-20(15-30)33-25)14-23(22)29-26(31)19-6-3-5-16(12-19)21-13-17-4-1-2-7-24(17)34-27(21)32/h1-14,30H,15H2,(H,29,31). The van der Waals surface area contributed by atoms with Gasteiger partial charge in [0.05, 0.1) is 16.3 Å². The summed E-state index contributed by atoms with van der Waals surface area (Å²) in [5.41, 5.74) is 2.41. The smallest absolute Gasteiger partial charge is 0.344 e. The molecule has 34 heavy (non-hydrogen) atoms. The zero-order valence-electron chi connectivity index (χ0n) is 17.7. The zero-order valence-corrected chi connectivity index (χ0v) is 18.5. The average molecular weight is 472 g/mol. The molecule has 0 aliphatic heterocycles. The Hall–Kier alpha value is -4.13. The lowest BCUT2D eigenvalue weighted by atomic mass is 10.0. The van der Waals surface area contributed by atoms with Crippen LogP contribution in [0.1, 0.15) is 16.1 Å². The van der Waals surface area contributed by atoms with Gasteiger partial charge in [0.25, 0.3) is 5.91 Å². The van der Waals surface area contributed by atoms with Gasteiger partial charge >= 0.3 is 5.63 Å². The first-order chi connectivity index (χ1) is 16.5. The predicted octanol–water partition coefficient (Wildman–Crippen LogP) is 6.12. The molecular weight excluding hydrogens is 454 g/mol. The van der Waals surface area contributed by atoms with E-state index in [2.05, 4.69) is 5.32 Å². The van der Waals surface area contributed by atoms with Crippen LogP contribution < -0.4 is 10.9 Å². The van der Waals surface area contributed by atoms with E-state index in [0.717, 1.165) is 5.39 Å². The van der Waals surface area contributed by atoms with Crippen molar-refractivity contribution in [1.29, 1.82) is 0 Å². The number of rotatable bonds is 5. The van der Waals surface area contributed by atoms with Gasteiger partial charge in [0, 0.05) is 16.5 Å². The molecule has 2 aromatic heterocycles. The van der Waals surface area contributed by atoms with E-state index in [1.54, 1.807) is 72.8 Å². The van der Waals surface area contributed by atoms with Gasteiger partial charge in [-0.1, -0.05) is 41.9 Å². The molecule has 2 N–H and O–H groups in total. The number of hydrogen-bond acceptors (Lipinski definition) is 5. The molecule has 0 spiro atoms. The molecule has 0 aliphatic rings. The molecule has 3 aromatic carbocycles. The monoisotopic (exact) mass is 471 g/mol. The summed E-state index contributed by atoms with van der Waals surface area (Å²) in [6.45, 7) is -0.205. The molecule has 0 atom stereocenters. The number of aliphatic hydroxyl groups is 1. The summed E-state index contributed by atoms with van der Waals surface area (Å²) in [5, 5.41) is 13.2. The number of aliphatic hydroxyl groups excluding tert-OH is 1. The van der Waals surface area contributed by atoms with Crippen molar-refractivity contribution in [3.05, 3.63) is 112 Å². The van der Waals surface area contributed by atoms with Crippen LogP contribution in [0, 0.1) is 0 Å². The minimum Gasteiger partial charge on any atom is -0.459 e. The molecular formula is C27H18ClNO5. The molecule has 0 fully saturated rings. The first kappa shape index (κ1) is 21.7. The van der Waals surface area contributed by atoms with E-state index in [4.69, 9.17) is 20.4 Å². The van der Waals surface area contributed by atoms with Gasteiger partial charge in [-0.15, -0.1) is 0 Å². The fourth-order valence-corrected chi connectivity index (χ4v) is 3.84. The van der Waals surface area contributed by atoms with E-state index < -0.39 is 5.63 Å². The van der Waals surface area contributed by atoms with Crippen molar-refractivity contribution in [1.82, 2.24) is 0 Å². The largest absolute Gasteiger partial charge is 0.459 e. The van der Waals surface area contributed by atoms with Crippen molar-refractivity contribution < 1.29 is 18.7 Å². The van der Waals surface area contributed by atoms with E-state index >= 15 is 0 Å². The third-order valence-electron chi connectivity index (χ3n) is 5.39. The van der Waals surface area contributed by atoms with Gasteiger partial charge in [0.1, 0.15) is 23.7 Å². The van der Waals surface area contributed by atoms with Crippen LogP contribution in [0.15, 0.2) is 98.6 Å². The second-order valence-electron chi connectivity index (χ2n) is 7.64. The van der Waals surface area contributed by atoms with Crippen molar-refractivity contribution >= 4 is 34.2 Å². The van der Waals surface area contributed by atoms with Gasteiger partial charge in [0.2, 0.25) is 0 Å². The molecule has 5 aromatic rings. The van der Waals surface area contributed by atoms with E-state index in [0.29, 0.717) is 50.1 Å². The lowest BCUT2D eigenvalue weighted by Crippen LogP contribution is -2.12. The highest BCUT2D eigenvalue weighted by Gasteiger charge is 2.14. The quantitative estimate of drug-likeness (QED) is 0.301. The highest BCUT2D eigenvalue weighted by Crippen LogP contribution is 2.31. The van der Waals surface area contributed by atoms with Crippen molar-refractivity contribution in [3.63, 3.8) is 0 Å². The Labute approximate surface area is 199 Å². The molecule has 2 heterocycles. The number of fused-ring (bicyclic) bond motifs is 1. The maximum absolute atomic E-state index is 13.0. The predicted molar refractivity (Wildman–Crippen MR) is 131 cm³/mol. The van der Waals surface area contributed by atoms with Crippen molar-refractivity contribution in [2.45, 2.75) is 6.61 Å². The number of para-hydroxylation sites is 1. The molecule has 0 saturated heterocycles. The topological polar surface area (TPSA) is 92.7 Å². The summed E-state index contributed by atoms with van der Waals surface area (Å²) in [6, 6.07) is 24.3. The van der Waals surface area contributed by atoms with Gasteiger partial charge in [0.15, 0.2) is 0 Å². The molecule has 0 radical (unpaired) electrons. The lowest BCUT2D eigenvalue weighted by molar-refractivity contribution is 0.102. The van der Waals surface area contributed by atoms with Crippen LogP contribution in [0.25, 0.3) is 33.4 Å². The number of amides is 1. The summed E-state index contributed by atoms with van der Waals surface area (Å²) < 4.78 is 11.0. The normalized spacial score (nSPS) is 11.0. The Balaban J connectivity index is 1.44. The number of benzene rings is 3. The van der Waals surface area contributed by atoms with Gasteiger partial charge in [-0.05, 0) is 60.2 Å². The third kappa shape index (κ3) is 4.24. The molecule has 168 valence electrons. The second-order valence-corrected chi connectivity index (χ2v) is 8.05. The second kappa shape index (κ2) is 9.02. The van der Waals surface area contributed by atoms with Crippen molar-refractivity contribution in [3.8, 4) is 22.5 Å². The third-order valence-corrected chi connectivity index (χ3v) is 5.72. The Kier molecular flexibility index (Phi) is 5.76. The minimum absolute atomic E-state index is 0.205.